The summed E-state index contributed by atoms with van der Waals surface area (Å²) >= 11 is 0. The zero-order valence-electron chi connectivity index (χ0n) is 14.9. The number of amides is 1. The molecular weight excluding hydrogens is 352 g/mol. The molecule has 2 aromatic rings. The van der Waals surface area contributed by atoms with Crippen LogP contribution in [0.5, 0.6) is 23.0 Å². The molecule has 0 saturated heterocycles. The van der Waals surface area contributed by atoms with E-state index in [0.717, 1.165) is 5.56 Å². The van der Waals surface area contributed by atoms with E-state index in [2.05, 4.69) is 10.5 Å². The molecule has 8 nitrogen and oxygen atoms in total. The minimum Gasteiger partial charge on any atom is -0.497 e. The van der Waals surface area contributed by atoms with Crippen molar-refractivity contribution in [1.29, 1.82) is 0 Å². The van der Waals surface area contributed by atoms with Crippen molar-refractivity contribution in [1.82, 2.24) is 0 Å². The van der Waals surface area contributed by atoms with Crippen molar-refractivity contribution in [2.24, 2.45) is 5.16 Å². The molecule has 2 heterocycles. The van der Waals surface area contributed by atoms with Gasteiger partial charge in [0.05, 0.1) is 19.9 Å². The number of fused-ring (bicyclic) bond motifs is 1. The van der Waals surface area contributed by atoms with Crippen molar-refractivity contribution in [3.8, 4) is 23.0 Å². The monoisotopic (exact) mass is 370 g/mol. The lowest BCUT2D eigenvalue weighted by molar-refractivity contribution is -0.125. The Morgan fingerprint density at radius 1 is 1.11 bits per heavy atom. The maximum Gasteiger partial charge on any atom is 0.268 e. The second-order valence-corrected chi connectivity index (χ2v) is 5.96. The van der Waals surface area contributed by atoms with Gasteiger partial charge in [-0.15, -0.1) is 0 Å². The van der Waals surface area contributed by atoms with Crippen molar-refractivity contribution in [2.45, 2.75) is 12.5 Å². The van der Waals surface area contributed by atoms with Crippen LogP contribution in [-0.4, -0.2) is 38.7 Å². The zero-order valence-corrected chi connectivity index (χ0v) is 14.9. The second kappa shape index (κ2) is 7.06. The van der Waals surface area contributed by atoms with Crippen LogP contribution in [0, 0.1) is 0 Å². The van der Waals surface area contributed by atoms with E-state index >= 15 is 0 Å². The summed E-state index contributed by atoms with van der Waals surface area (Å²) in [5.74, 6) is 2.25. The molecule has 0 radical (unpaired) electrons. The highest BCUT2D eigenvalue weighted by atomic mass is 16.7. The Morgan fingerprint density at radius 3 is 2.78 bits per heavy atom. The average Bonchev–Trinajstić information content (AvgIpc) is 3.36. The number of carbonyl (C=O) groups excluding carboxylic acids is 1. The number of benzene rings is 2. The van der Waals surface area contributed by atoms with E-state index in [9.17, 15) is 4.79 Å². The quantitative estimate of drug-likeness (QED) is 0.870. The van der Waals surface area contributed by atoms with Gasteiger partial charge in [-0.3, -0.25) is 4.79 Å². The number of ether oxygens (including phenoxy) is 4. The van der Waals surface area contributed by atoms with Crippen molar-refractivity contribution in [2.75, 3.05) is 26.3 Å². The summed E-state index contributed by atoms with van der Waals surface area (Å²) in [5.41, 5.74) is 1.95. The normalized spacial score (nSPS) is 17.1. The molecule has 1 atom stereocenters. The Bertz CT molecular complexity index is 911. The highest BCUT2D eigenvalue weighted by Crippen LogP contribution is 2.34. The molecule has 2 aliphatic rings. The molecule has 4 rings (SSSR count). The van der Waals surface area contributed by atoms with Crippen molar-refractivity contribution in [3.63, 3.8) is 0 Å². The number of anilines is 1. The van der Waals surface area contributed by atoms with Crippen molar-refractivity contribution < 1.29 is 28.6 Å². The number of oxime groups is 1. The Morgan fingerprint density at radius 2 is 1.96 bits per heavy atom. The molecule has 1 amide bonds. The van der Waals surface area contributed by atoms with E-state index < -0.39 is 6.10 Å². The van der Waals surface area contributed by atoms with Crippen LogP contribution in [0.1, 0.15) is 12.0 Å². The van der Waals surface area contributed by atoms with Gasteiger partial charge >= 0.3 is 0 Å². The second-order valence-electron chi connectivity index (χ2n) is 5.96. The van der Waals surface area contributed by atoms with Crippen LogP contribution in [0.4, 0.5) is 5.69 Å². The Labute approximate surface area is 155 Å². The van der Waals surface area contributed by atoms with Crippen LogP contribution in [0.3, 0.4) is 0 Å². The van der Waals surface area contributed by atoms with E-state index in [4.69, 9.17) is 23.8 Å². The molecule has 0 aliphatic carbocycles. The van der Waals surface area contributed by atoms with E-state index in [0.29, 0.717) is 40.8 Å². The van der Waals surface area contributed by atoms with Crippen molar-refractivity contribution in [3.05, 3.63) is 42.0 Å². The molecule has 0 fully saturated rings. The summed E-state index contributed by atoms with van der Waals surface area (Å²) < 4.78 is 21.2. The summed E-state index contributed by atoms with van der Waals surface area (Å²) in [6.07, 6.45) is -0.416. The van der Waals surface area contributed by atoms with Crippen LogP contribution in [0.2, 0.25) is 0 Å². The van der Waals surface area contributed by atoms with Crippen LogP contribution in [0.25, 0.3) is 0 Å². The van der Waals surface area contributed by atoms with Crippen LogP contribution in [-0.2, 0) is 9.63 Å². The van der Waals surface area contributed by atoms with Gasteiger partial charge < -0.3 is 29.1 Å². The van der Waals surface area contributed by atoms with Gasteiger partial charge in [0.15, 0.2) is 11.5 Å². The molecule has 1 N–H and O–H groups in total. The first kappa shape index (κ1) is 17.0. The first-order chi connectivity index (χ1) is 13.2. The number of methoxy groups -OCH3 is 2. The van der Waals surface area contributed by atoms with Gasteiger partial charge in [-0.25, -0.2) is 0 Å². The Hall–Kier alpha value is -3.42. The average molecular weight is 370 g/mol. The van der Waals surface area contributed by atoms with E-state index in [1.165, 1.54) is 0 Å². The topological polar surface area (TPSA) is 87.6 Å². The molecule has 0 spiro atoms. The van der Waals surface area contributed by atoms with Crippen LogP contribution >= 0.6 is 0 Å². The summed E-state index contributed by atoms with van der Waals surface area (Å²) in [4.78, 5) is 17.9. The molecule has 1 unspecified atom stereocenters. The van der Waals surface area contributed by atoms with Gasteiger partial charge in [-0.1, -0.05) is 5.16 Å². The first-order valence-corrected chi connectivity index (χ1v) is 8.33. The van der Waals surface area contributed by atoms with Gasteiger partial charge in [0.2, 0.25) is 12.9 Å². The molecule has 140 valence electrons. The Balaban J connectivity index is 1.45. The van der Waals surface area contributed by atoms with Crippen LogP contribution < -0.4 is 24.3 Å². The predicted octanol–water partition coefficient (Wildman–Crippen LogP) is 2.56. The van der Waals surface area contributed by atoms with E-state index in [1.807, 2.05) is 0 Å². The van der Waals surface area contributed by atoms with Gasteiger partial charge in [0.25, 0.3) is 5.91 Å². The number of hydrogen-bond acceptors (Lipinski definition) is 7. The molecule has 27 heavy (non-hydrogen) atoms. The van der Waals surface area contributed by atoms with Crippen LogP contribution in [0.15, 0.2) is 41.6 Å². The fourth-order valence-electron chi connectivity index (χ4n) is 2.91. The van der Waals surface area contributed by atoms with Gasteiger partial charge in [0.1, 0.15) is 11.5 Å². The minimum absolute atomic E-state index is 0.179. The molecule has 0 bridgehead atoms. The minimum atomic E-state index is -0.735. The fourth-order valence-corrected chi connectivity index (χ4v) is 2.91. The number of nitrogens with one attached hydrogen (secondary N) is 1. The Kier molecular flexibility index (Phi) is 4.45. The fraction of sp³-hybridized carbons (Fsp3) is 0.263. The molecule has 2 aliphatic heterocycles. The van der Waals surface area contributed by atoms with Gasteiger partial charge in [-0.2, -0.15) is 0 Å². The maximum atomic E-state index is 12.5. The highest BCUT2D eigenvalue weighted by Gasteiger charge is 2.30. The summed E-state index contributed by atoms with van der Waals surface area (Å²) in [6, 6.07) is 10.6. The third kappa shape index (κ3) is 3.33. The number of hydrogen-bond donors (Lipinski definition) is 1. The highest BCUT2D eigenvalue weighted by molar-refractivity contribution is 6.07. The summed E-state index contributed by atoms with van der Waals surface area (Å²) in [6.45, 7) is 0.179. The third-order valence-corrected chi connectivity index (χ3v) is 4.32. The number of carbonyl (C=O) groups is 1. The SMILES string of the molecule is COc1ccc(OC)c(C2=NOC(C(=O)Nc3ccc4c(c3)OCO4)C2)c1. The van der Waals surface area contributed by atoms with Gasteiger partial charge in [-0.05, 0) is 30.3 Å². The maximum absolute atomic E-state index is 12.5. The summed E-state index contributed by atoms with van der Waals surface area (Å²) in [5, 5.41) is 6.88. The molecular formula is C19H18N2O6. The van der Waals surface area contributed by atoms with Crippen molar-refractivity contribution >= 4 is 17.3 Å². The molecule has 8 heteroatoms. The van der Waals surface area contributed by atoms with E-state index in [1.54, 1.807) is 50.6 Å². The standard InChI is InChI=1S/C19H18N2O6/c1-23-12-4-6-15(24-2)13(8-12)14-9-18(27-21-14)19(22)20-11-3-5-16-17(7-11)26-10-25-16/h3-8,18H,9-10H2,1-2H3,(H,20,22). The first-order valence-electron chi connectivity index (χ1n) is 8.33. The predicted molar refractivity (Wildman–Crippen MR) is 96.8 cm³/mol. The number of rotatable bonds is 5. The lowest BCUT2D eigenvalue weighted by Crippen LogP contribution is -2.28. The molecule has 0 aromatic heterocycles. The lowest BCUT2D eigenvalue weighted by Gasteiger charge is -2.11. The summed E-state index contributed by atoms with van der Waals surface area (Å²) in [7, 11) is 3.16. The van der Waals surface area contributed by atoms with E-state index in [-0.39, 0.29) is 12.7 Å². The smallest absolute Gasteiger partial charge is 0.268 e. The molecule has 2 aromatic carbocycles. The van der Waals surface area contributed by atoms with Gasteiger partial charge in [0, 0.05) is 23.7 Å². The molecule has 0 saturated carbocycles. The third-order valence-electron chi connectivity index (χ3n) is 4.32. The zero-order chi connectivity index (χ0) is 18.8. The number of nitrogens with zero attached hydrogens (tertiary/aromatic N) is 1. The lowest BCUT2D eigenvalue weighted by atomic mass is 10.0. The largest absolute Gasteiger partial charge is 0.497 e.